The van der Waals surface area contributed by atoms with Gasteiger partial charge in [0.15, 0.2) is 5.71 Å². The van der Waals surface area contributed by atoms with E-state index in [1.54, 1.807) is 0 Å². The highest BCUT2D eigenvalue weighted by molar-refractivity contribution is 6.53. The van der Waals surface area contributed by atoms with Crippen LogP contribution in [0.4, 0.5) is 5.69 Å². The summed E-state index contributed by atoms with van der Waals surface area (Å²) in [5.74, 6) is -0.211. The van der Waals surface area contributed by atoms with E-state index in [9.17, 15) is 4.79 Å². The number of nitrogens with zero attached hydrogens (tertiary/aromatic N) is 3. The van der Waals surface area contributed by atoms with Crippen molar-refractivity contribution in [2.45, 2.75) is 12.8 Å². The van der Waals surface area contributed by atoms with E-state index >= 15 is 0 Å². The van der Waals surface area contributed by atoms with Crippen LogP contribution in [0.15, 0.2) is 81.6 Å². The summed E-state index contributed by atoms with van der Waals surface area (Å²) >= 11 is 0. The predicted octanol–water partition coefficient (Wildman–Crippen LogP) is 3.88. The maximum atomic E-state index is 12.3. The van der Waals surface area contributed by atoms with E-state index in [4.69, 9.17) is 4.74 Å². The molecular weight excluding hydrogens is 388 g/mol. The Morgan fingerprint density at radius 1 is 0.968 bits per heavy atom. The van der Waals surface area contributed by atoms with Crippen LogP contribution in [0.1, 0.15) is 24.0 Å². The fourth-order valence-electron chi connectivity index (χ4n) is 4.28. The van der Waals surface area contributed by atoms with Crippen molar-refractivity contribution >= 4 is 29.6 Å². The van der Waals surface area contributed by atoms with Crippen LogP contribution in [-0.2, 0) is 9.53 Å². The molecule has 0 spiro atoms. The van der Waals surface area contributed by atoms with Gasteiger partial charge in [0.05, 0.1) is 25.1 Å². The fourth-order valence-corrected chi connectivity index (χ4v) is 4.28. The van der Waals surface area contributed by atoms with Gasteiger partial charge in [-0.2, -0.15) is 5.10 Å². The number of hydrogen-bond donors (Lipinski definition) is 1. The Balaban J connectivity index is 1.47. The number of hydrogen-bond acceptors (Lipinski definition) is 5. The number of allylic oxidation sites excluding steroid dienone is 2. The molecule has 3 aliphatic rings. The van der Waals surface area contributed by atoms with Gasteiger partial charge in [0, 0.05) is 24.4 Å². The molecule has 2 heterocycles. The highest BCUT2D eigenvalue weighted by Crippen LogP contribution is 2.35. The van der Waals surface area contributed by atoms with Crippen LogP contribution in [0.5, 0.6) is 0 Å². The number of anilines is 1. The second-order valence-electron chi connectivity index (χ2n) is 7.75. The largest absolute Gasteiger partial charge is 0.378 e. The van der Waals surface area contributed by atoms with Gasteiger partial charge in [0.2, 0.25) is 0 Å². The molecule has 0 saturated carbocycles. The summed E-state index contributed by atoms with van der Waals surface area (Å²) in [4.78, 5) is 14.7. The zero-order valence-electron chi connectivity index (χ0n) is 17.3. The Morgan fingerprint density at radius 2 is 1.74 bits per heavy atom. The fraction of sp³-hybridized carbons (Fsp3) is 0.240. The predicted molar refractivity (Wildman–Crippen MR) is 123 cm³/mol. The number of carbonyl (C=O) groups is 1. The molecular formula is C25H24N4O2. The first kappa shape index (κ1) is 19.5. The second-order valence-corrected chi connectivity index (χ2v) is 7.75. The molecule has 6 nitrogen and oxygen atoms in total. The second kappa shape index (κ2) is 8.70. The topological polar surface area (TPSA) is 66.3 Å². The number of carbonyl (C=O) groups excluding carboxylic acids is 1. The zero-order chi connectivity index (χ0) is 21.0. The van der Waals surface area contributed by atoms with E-state index in [1.165, 1.54) is 16.8 Å². The van der Waals surface area contributed by atoms with Crippen molar-refractivity contribution in [2.75, 3.05) is 31.6 Å². The molecule has 2 aliphatic heterocycles. The van der Waals surface area contributed by atoms with Crippen molar-refractivity contribution in [2.24, 2.45) is 10.2 Å². The van der Waals surface area contributed by atoms with E-state index in [0.29, 0.717) is 5.71 Å². The van der Waals surface area contributed by atoms with Crippen LogP contribution in [0.3, 0.4) is 0 Å². The van der Waals surface area contributed by atoms with E-state index in [-0.39, 0.29) is 5.91 Å². The standard InChI is InChI=1S/C25H24N4O2/c30-25-23(21-8-4-5-9-22(21)27-25)28-26-17-20-11-10-19(16-18-6-2-1-3-7-18)24(20)29-12-14-31-15-13-29/h1-9,16-17H,10-15H2,(H,27,28,30)/b19-16-,26-17+. The van der Waals surface area contributed by atoms with Gasteiger partial charge in [0.25, 0.3) is 5.91 Å². The van der Waals surface area contributed by atoms with Gasteiger partial charge in [-0.05, 0) is 41.7 Å². The number of amides is 1. The molecule has 31 heavy (non-hydrogen) atoms. The van der Waals surface area contributed by atoms with Crippen LogP contribution in [0.25, 0.3) is 6.08 Å². The minimum Gasteiger partial charge on any atom is -0.378 e. The molecule has 1 saturated heterocycles. The Bertz CT molecular complexity index is 1110. The molecule has 0 aromatic heterocycles. The summed E-state index contributed by atoms with van der Waals surface area (Å²) in [6.07, 6.45) is 5.95. The maximum Gasteiger partial charge on any atom is 0.276 e. The van der Waals surface area contributed by atoms with Crippen molar-refractivity contribution in [1.29, 1.82) is 0 Å². The molecule has 2 aromatic rings. The molecule has 6 heteroatoms. The number of ether oxygens (including phenoxy) is 1. The van der Waals surface area contributed by atoms with Crippen molar-refractivity contribution in [1.82, 2.24) is 4.90 Å². The van der Waals surface area contributed by atoms with Crippen LogP contribution in [0.2, 0.25) is 0 Å². The van der Waals surface area contributed by atoms with Crippen molar-refractivity contribution in [3.05, 3.63) is 82.6 Å². The molecule has 0 unspecified atom stereocenters. The van der Waals surface area contributed by atoms with E-state index in [0.717, 1.165) is 56.0 Å². The molecule has 0 bridgehead atoms. The Hall–Kier alpha value is -3.51. The van der Waals surface area contributed by atoms with Gasteiger partial charge >= 0.3 is 0 Å². The summed E-state index contributed by atoms with van der Waals surface area (Å²) in [6.45, 7) is 3.18. The van der Waals surface area contributed by atoms with Crippen molar-refractivity contribution in [3.8, 4) is 0 Å². The summed E-state index contributed by atoms with van der Waals surface area (Å²) in [7, 11) is 0. The lowest BCUT2D eigenvalue weighted by Gasteiger charge is -2.31. The highest BCUT2D eigenvalue weighted by atomic mass is 16.5. The van der Waals surface area contributed by atoms with Crippen LogP contribution in [0, 0.1) is 0 Å². The van der Waals surface area contributed by atoms with Gasteiger partial charge in [-0.25, -0.2) is 0 Å². The van der Waals surface area contributed by atoms with Crippen molar-refractivity contribution in [3.63, 3.8) is 0 Å². The maximum absolute atomic E-state index is 12.3. The Kier molecular flexibility index (Phi) is 5.46. The number of nitrogens with one attached hydrogen (secondary N) is 1. The number of fused-ring (bicyclic) bond motifs is 1. The van der Waals surface area contributed by atoms with Gasteiger partial charge in [-0.3, -0.25) is 4.79 Å². The summed E-state index contributed by atoms with van der Waals surface area (Å²) in [5.41, 5.74) is 6.82. The molecule has 0 radical (unpaired) electrons. The smallest absolute Gasteiger partial charge is 0.276 e. The van der Waals surface area contributed by atoms with Crippen LogP contribution >= 0.6 is 0 Å². The summed E-state index contributed by atoms with van der Waals surface area (Å²) in [5, 5.41) is 11.4. The molecule has 1 aliphatic carbocycles. The normalized spacial score (nSPS) is 21.4. The first-order valence-corrected chi connectivity index (χ1v) is 10.6. The molecule has 1 N–H and O–H groups in total. The van der Waals surface area contributed by atoms with Gasteiger partial charge in [0.1, 0.15) is 0 Å². The average Bonchev–Trinajstić information content (AvgIpc) is 3.35. The number of para-hydroxylation sites is 1. The SMILES string of the molecule is O=C1Nc2ccccc2/C1=N\N=C\C1=C(N2CCOCC2)C(=C\c2ccccc2)/CC1. The minimum atomic E-state index is -0.211. The lowest BCUT2D eigenvalue weighted by molar-refractivity contribution is -0.110. The Morgan fingerprint density at radius 3 is 2.58 bits per heavy atom. The minimum absolute atomic E-state index is 0.211. The Labute approximate surface area is 181 Å². The van der Waals surface area contributed by atoms with Crippen LogP contribution < -0.4 is 5.32 Å². The molecule has 0 atom stereocenters. The lowest BCUT2D eigenvalue weighted by Crippen LogP contribution is -2.36. The van der Waals surface area contributed by atoms with E-state index in [2.05, 4.69) is 50.8 Å². The highest BCUT2D eigenvalue weighted by Gasteiger charge is 2.27. The van der Waals surface area contributed by atoms with Crippen LogP contribution in [-0.4, -0.2) is 49.0 Å². The average molecular weight is 412 g/mol. The van der Waals surface area contributed by atoms with Gasteiger partial charge < -0.3 is 15.0 Å². The van der Waals surface area contributed by atoms with E-state index < -0.39 is 0 Å². The first-order valence-electron chi connectivity index (χ1n) is 10.6. The molecule has 156 valence electrons. The number of benzene rings is 2. The molecule has 1 fully saturated rings. The zero-order valence-corrected chi connectivity index (χ0v) is 17.3. The molecule has 2 aromatic carbocycles. The number of morpholine rings is 1. The monoisotopic (exact) mass is 412 g/mol. The lowest BCUT2D eigenvalue weighted by atomic mass is 10.1. The third-order valence-corrected chi connectivity index (χ3v) is 5.76. The van der Waals surface area contributed by atoms with Gasteiger partial charge in [-0.15, -0.1) is 5.10 Å². The molecule has 5 rings (SSSR count). The van der Waals surface area contributed by atoms with Crippen molar-refractivity contribution < 1.29 is 9.53 Å². The number of rotatable bonds is 4. The van der Waals surface area contributed by atoms with E-state index in [1.807, 2.05) is 36.5 Å². The quantitative estimate of drug-likeness (QED) is 0.612. The van der Waals surface area contributed by atoms with Gasteiger partial charge in [-0.1, -0.05) is 48.5 Å². The summed E-state index contributed by atoms with van der Waals surface area (Å²) < 4.78 is 5.56. The third-order valence-electron chi connectivity index (χ3n) is 5.76. The first-order chi connectivity index (χ1) is 15.3. The summed E-state index contributed by atoms with van der Waals surface area (Å²) in [6, 6.07) is 17.9. The third kappa shape index (κ3) is 4.07. The molecule has 1 amide bonds.